The fourth-order valence-corrected chi connectivity index (χ4v) is 1.75. The SMILES string of the molecule is Cc1cc(C)nc(N[C@H]2CCNC2)n1. The predicted octanol–water partition coefficient (Wildman–Crippen LogP) is 0.867. The second-order valence-electron chi connectivity index (χ2n) is 3.81. The standard InChI is InChI=1S/C10H16N4/c1-7-5-8(2)13-10(12-7)14-9-3-4-11-6-9/h5,9,11H,3-4,6H2,1-2H3,(H,12,13,14)/t9-/m0/s1. The summed E-state index contributed by atoms with van der Waals surface area (Å²) in [5.74, 6) is 0.760. The molecular weight excluding hydrogens is 176 g/mol. The summed E-state index contributed by atoms with van der Waals surface area (Å²) in [5, 5.41) is 6.64. The highest BCUT2D eigenvalue weighted by Gasteiger charge is 2.14. The molecule has 1 fully saturated rings. The zero-order valence-electron chi connectivity index (χ0n) is 8.67. The van der Waals surface area contributed by atoms with Crippen LogP contribution in [0.15, 0.2) is 6.07 Å². The van der Waals surface area contributed by atoms with Crippen molar-refractivity contribution in [2.24, 2.45) is 0 Å². The predicted molar refractivity (Wildman–Crippen MR) is 56.4 cm³/mol. The summed E-state index contributed by atoms with van der Waals surface area (Å²) in [6.07, 6.45) is 1.15. The Morgan fingerprint density at radius 2 is 2.07 bits per heavy atom. The van der Waals surface area contributed by atoms with Gasteiger partial charge < -0.3 is 10.6 Å². The molecule has 0 aromatic carbocycles. The van der Waals surface area contributed by atoms with Crippen LogP contribution in [0.3, 0.4) is 0 Å². The van der Waals surface area contributed by atoms with Crippen LogP contribution in [0.25, 0.3) is 0 Å². The molecule has 0 radical (unpaired) electrons. The topological polar surface area (TPSA) is 49.8 Å². The quantitative estimate of drug-likeness (QED) is 0.730. The molecule has 1 aliphatic heterocycles. The fourth-order valence-electron chi connectivity index (χ4n) is 1.75. The molecule has 4 nitrogen and oxygen atoms in total. The van der Waals surface area contributed by atoms with Crippen molar-refractivity contribution in [3.05, 3.63) is 17.5 Å². The van der Waals surface area contributed by atoms with Crippen LogP contribution in [0, 0.1) is 13.8 Å². The summed E-state index contributed by atoms with van der Waals surface area (Å²) in [5.41, 5.74) is 2.04. The van der Waals surface area contributed by atoms with Gasteiger partial charge in [-0.1, -0.05) is 0 Å². The third-order valence-corrected chi connectivity index (χ3v) is 2.38. The van der Waals surface area contributed by atoms with Crippen LogP contribution < -0.4 is 10.6 Å². The van der Waals surface area contributed by atoms with Crippen molar-refractivity contribution < 1.29 is 0 Å². The van der Waals surface area contributed by atoms with E-state index in [4.69, 9.17) is 0 Å². The maximum Gasteiger partial charge on any atom is 0.223 e. The van der Waals surface area contributed by atoms with Crippen LogP contribution >= 0.6 is 0 Å². The van der Waals surface area contributed by atoms with Crippen LogP contribution in [0.4, 0.5) is 5.95 Å². The summed E-state index contributed by atoms with van der Waals surface area (Å²) in [4.78, 5) is 8.70. The Morgan fingerprint density at radius 3 is 2.64 bits per heavy atom. The number of rotatable bonds is 2. The fraction of sp³-hybridized carbons (Fsp3) is 0.600. The van der Waals surface area contributed by atoms with Crippen LogP contribution in [0.1, 0.15) is 17.8 Å². The van der Waals surface area contributed by atoms with E-state index in [0.717, 1.165) is 36.8 Å². The summed E-state index contributed by atoms with van der Waals surface area (Å²) in [6, 6.07) is 2.47. The molecule has 2 rings (SSSR count). The maximum absolute atomic E-state index is 4.35. The minimum Gasteiger partial charge on any atom is -0.350 e. The number of nitrogens with one attached hydrogen (secondary N) is 2. The first-order valence-electron chi connectivity index (χ1n) is 5.03. The van der Waals surface area contributed by atoms with E-state index in [1.54, 1.807) is 0 Å². The first-order chi connectivity index (χ1) is 6.74. The number of aryl methyl sites for hydroxylation is 2. The summed E-state index contributed by atoms with van der Waals surface area (Å²) >= 11 is 0. The monoisotopic (exact) mass is 192 g/mol. The molecule has 1 aliphatic rings. The van der Waals surface area contributed by atoms with Gasteiger partial charge in [0.25, 0.3) is 0 Å². The summed E-state index contributed by atoms with van der Waals surface area (Å²) in [7, 11) is 0. The molecule has 0 spiro atoms. The average Bonchev–Trinajstić information content (AvgIpc) is 2.54. The second-order valence-corrected chi connectivity index (χ2v) is 3.81. The Balaban J connectivity index is 2.07. The van der Waals surface area contributed by atoms with Gasteiger partial charge >= 0.3 is 0 Å². The average molecular weight is 192 g/mol. The Hall–Kier alpha value is -1.16. The third kappa shape index (κ3) is 2.20. The lowest BCUT2D eigenvalue weighted by atomic mass is 10.3. The van der Waals surface area contributed by atoms with Crippen LogP contribution in [0.2, 0.25) is 0 Å². The van der Waals surface area contributed by atoms with Gasteiger partial charge in [0.1, 0.15) is 0 Å². The van der Waals surface area contributed by atoms with E-state index in [1.165, 1.54) is 0 Å². The van der Waals surface area contributed by atoms with Gasteiger partial charge in [0.2, 0.25) is 5.95 Å². The number of hydrogen-bond acceptors (Lipinski definition) is 4. The van der Waals surface area contributed by atoms with Gasteiger partial charge in [0.05, 0.1) is 0 Å². The molecule has 2 N–H and O–H groups in total. The normalized spacial score (nSPS) is 21.1. The molecule has 14 heavy (non-hydrogen) atoms. The lowest BCUT2D eigenvalue weighted by molar-refractivity contribution is 0.777. The first kappa shape index (κ1) is 9.40. The van der Waals surface area contributed by atoms with Crippen molar-refractivity contribution >= 4 is 5.95 Å². The highest BCUT2D eigenvalue weighted by Crippen LogP contribution is 2.08. The number of aromatic nitrogens is 2. The molecule has 0 unspecified atom stereocenters. The van der Waals surface area contributed by atoms with E-state index < -0.39 is 0 Å². The highest BCUT2D eigenvalue weighted by atomic mass is 15.1. The third-order valence-electron chi connectivity index (χ3n) is 2.38. The summed E-state index contributed by atoms with van der Waals surface area (Å²) < 4.78 is 0. The Labute approximate surface area is 84.2 Å². The van der Waals surface area contributed by atoms with Crippen molar-refractivity contribution in [3.63, 3.8) is 0 Å². The van der Waals surface area contributed by atoms with Gasteiger partial charge in [-0.3, -0.25) is 0 Å². The van der Waals surface area contributed by atoms with E-state index in [1.807, 2.05) is 19.9 Å². The molecule has 1 saturated heterocycles. The Morgan fingerprint density at radius 1 is 1.36 bits per heavy atom. The molecule has 4 heteroatoms. The molecule has 76 valence electrons. The molecule has 0 bridgehead atoms. The smallest absolute Gasteiger partial charge is 0.223 e. The lowest BCUT2D eigenvalue weighted by Gasteiger charge is -2.11. The summed E-state index contributed by atoms with van der Waals surface area (Å²) in [6.45, 7) is 6.08. The molecular formula is C10H16N4. The minimum atomic E-state index is 0.483. The van der Waals surface area contributed by atoms with Crippen molar-refractivity contribution in [3.8, 4) is 0 Å². The Bertz CT molecular complexity index is 298. The number of anilines is 1. The van der Waals surface area contributed by atoms with Gasteiger partial charge in [0, 0.05) is 24.0 Å². The van der Waals surface area contributed by atoms with Gasteiger partial charge in [0.15, 0.2) is 0 Å². The van der Waals surface area contributed by atoms with Crippen LogP contribution in [-0.2, 0) is 0 Å². The van der Waals surface area contributed by atoms with Crippen LogP contribution in [-0.4, -0.2) is 29.1 Å². The van der Waals surface area contributed by atoms with Crippen molar-refractivity contribution in [2.45, 2.75) is 26.3 Å². The van der Waals surface area contributed by atoms with Crippen LogP contribution in [0.5, 0.6) is 0 Å². The van der Waals surface area contributed by atoms with Gasteiger partial charge in [-0.25, -0.2) is 9.97 Å². The molecule has 0 saturated carbocycles. The molecule has 0 amide bonds. The van der Waals surface area contributed by atoms with E-state index in [0.29, 0.717) is 6.04 Å². The van der Waals surface area contributed by atoms with Gasteiger partial charge in [-0.05, 0) is 32.9 Å². The van der Waals surface area contributed by atoms with E-state index in [-0.39, 0.29) is 0 Å². The molecule has 0 aliphatic carbocycles. The Kier molecular flexibility index (Phi) is 2.63. The molecule has 2 heterocycles. The first-order valence-corrected chi connectivity index (χ1v) is 5.03. The zero-order chi connectivity index (χ0) is 9.97. The van der Waals surface area contributed by atoms with E-state index in [9.17, 15) is 0 Å². The zero-order valence-corrected chi connectivity index (χ0v) is 8.67. The maximum atomic E-state index is 4.35. The molecule has 1 atom stereocenters. The van der Waals surface area contributed by atoms with Gasteiger partial charge in [-0.15, -0.1) is 0 Å². The minimum absolute atomic E-state index is 0.483. The second kappa shape index (κ2) is 3.92. The number of nitrogens with zero attached hydrogens (tertiary/aromatic N) is 2. The lowest BCUT2D eigenvalue weighted by Crippen LogP contribution is -2.23. The largest absolute Gasteiger partial charge is 0.350 e. The number of hydrogen-bond donors (Lipinski definition) is 2. The van der Waals surface area contributed by atoms with Crippen molar-refractivity contribution in [2.75, 3.05) is 18.4 Å². The van der Waals surface area contributed by atoms with E-state index in [2.05, 4.69) is 20.6 Å². The van der Waals surface area contributed by atoms with Crippen molar-refractivity contribution in [1.29, 1.82) is 0 Å². The molecule has 1 aromatic heterocycles. The van der Waals surface area contributed by atoms with Gasteiger partial charge in [-0.2, -0.15) is 0 Å². The highest BCUT2D eigenvalue weighted by molar-refractivity contribution is 5.29. The van der Waals surface area contributed by atoms with Crippen molar-refractivity contribution in [1.82, 2.24) is 15.3 Å². The molecule has 1 aromatic rings. The van der Waals surface area contributed by atoms with E-state index >= 15 is 0 Å².